The number of nitrogens with one attached hydrogen (secondary N) is 2. The van der Waals surface area contributed by atoms with Crippen molar-refractivity contribution in [2.45, 2.75) is 18.4 Å². The summed E-state index contributed by atoms with van der Waals surface area (Å²) in [5.74, 6) is 0.166. The summed E-state index contributed by atoms with van der Waals surface area (Å²) in [7, 11) is 0. The summed E-state index contributed by atoms with van der Waals surface area (Å²) in [4.78, 5) is 17.3. The SMILES string of the molecule is O=C(Nc1cccc2cccnc12)[C@@H]1NCC[C@@H]1c1ccc(Br)cc1. The molecule has 1 amide bonds. The van der Waals surface area contributed by atoms with E-state index in [1.54, 1.807) is 6.20 Å². The lowest BCUT2D eigenvalue weighted by Gasteiger charge is -2.20. The number of para-hydroxylation sites is 1. The number of carbonyl (C=O) groups excluding carboxylic acids is 1. The first kappa shape index (κ1) is 16.2. The molecule has 3 aromatic rings. The van der Waals surface area contributed by atoms with Crippen molar-refractivity contribution in [2.24, 2.45) is 0 Å². The number of amides is 1. The minimum absolute atomic E-state index is 0.0106. The third-order valence-corrected chi connectivity index (χ3v) is 5.22. The summed E-state index contributed by atoms with van der Waals surface area (Å²) < 4.78 is 1.05. The number of aromatic nitrogens is 1. The highest BCUT2D eigenvalue weighted by atomic mass is 79.9. The summed E-state index contributed by atoms with van der Waals surface area (Å²) in [6.45, 7) is 0.840. The van der Waals surface area contributed by atoms with Crippen molar-refractivity contribution in [2.75, 3.05) is 11.9 Å². The Labute approximate surface area is 154 Å². The molecule has 2 heterocycles. The fraction of sp³-hybridized carbons (Fsp3) is 0.200. The number of fused-ring (bicyclic) bond motifs is 1. The number of anilines is 1. The standard InChI is InChI=1S/C20H18BrN3O/c21-15-8-6-13(7-9-15)16-10-12-23-19(16)20(25)24-17-5-1-3-14-4-2-11-22-18(14)17/h1-9,11,16,19,23H,10,12H2,(H,24,25)/t16-,19-/m1/s1. The van der Waals surface area contributed by atoms with Crippen molar-refractivity contribution >= 4 is 38.4 Å². The molecular weight excluding hydrogens is 378 g/mol. The van der Waals surface area contributed by atoms with Crippen molar-refractivity contribution in [1.82, 2.24) is 10.3 Å². The van der Waals surface area contributed by atoms with Gasteiger partial charge in [0, 0.05) is 22.0 Å². The van der Waals surface area contributed by atoms with Gasteiger partial charge in [-0.1, -0.05) is 46.3 Å². The van der Waals surface area contributed by atoms with E-state index in [4.69, 9.17) is 0 Å². The van der Waals surface area contributed by atoms with Gasteiger partial charge in [0.2, 0.25) is 5.91 Å². The van der Waals surface area contributed by atoms with Crippen LogP contribution in [-0.4, -0.2) is 23.5 Å². The van der Waals surface area contributed by atoms with E-state index < -0.39 is 0 Å². The molecule has 2 aromatic carbocycles. The first-order chi connectivity index (χ1) is 12.2. The predicted octanol–water partition coefficient (Wildman–Crippen LogP) is 4.08. The second-order valence-electron chi connectivity index (χ2n) is 6.25. The van der Waals surface area contributed by atoms with Gasteiger partial charge in [-0.2, -0.15) is 0 Å². The van der Waals surface area contributed by atoms with E-state index in [0.29, 0.717) is 0 Å². The summed E-state index contributed by atoms with van der Waals surface area (Å²) in [6.07, 6.45) is 2.70. The number of rotatable bonds is 3. The molecule has 5 heteroatoms. The Morgan fingerprint density at radius 3 is 2.76 bits per heavy atom. The third-order valence-electron chi connectivity index (χ3n) is 4.69. The molecule has 1 fully saturated rings. The summed E-state index contributed by atoms with van der Waals surface area (Å²) in [6, 6.07) is 17.7. The maximum Gasteiger partial charge on any atom is 0.242 e. The Hall–Kier alpha value is -2.24. The van der Waals surface area contributed by atoms with Gasteiger partial charge < -0.3 is 10.6 Å². The molecule has 4 nitrogen and oxygen atoms in total. The van der Waals surface area contributed by atoms with Crippen LogP contribution in [0.15, 0.2) is 65.3 Å². The van der Waals surface area contributed by atoms with Crippen LogP contribution >= 0.6 is 15.9 Å². The van der Waals surface area contributed by atoms with E-state index >= 15 is 0 Å². The van der Waals surface area contributed by atoms with E-state index in [1.165, 1.54) is 5.56 Å². The molecule has 1 saturated heterocycles. The Morgan fingerprint density at radius 1 is 1.12 bits per heavy atom. The highest BCUT2D eigenvalue weighted by molar-refractivity contribution is 9.10. The summed E-state index contributed by atoms with van der Waals surface area (Å²) >= 11 is 3.46. The van der Waals surface area contributed by atoms with Crippen LogP contribution in [0, 0.1) is 0 Å². The fourth-order valence-corrected chi connectivity index (χ4v) is 3.73. The zero-order chi connectivity index (χ0) is 17.2. The van der Waals surface area contributed by atoms with Crippen LogP contribution in [0.1, 0.15) is 17.9 Å². The van der Waals surface area contributed by atoms with E-state index in [0.717, 1.165) is 34.0 Å². The lowest BCUT2D eigenvalue weighted by molar-refractivity contribution is -0.118. The monoisotopic (exact) mass is 395 g/mol. The van der Waals surface area contributed by atoms with Crippen molar-refractivity contribution in [3.63, 3.8) is 0 Å². The Balaban J connectivity index is 1.58. The zero-order valence-corrected chi connectivity index (χ0v) is 15.2. The number of halogens is 1. The maximum atomic E-state index is 12.9. The molecule has 1 aromatic heterocycles. The van der Waals surface area contributed by atoms with Crippen LogP contribution in [0.3, 0.4) is 0 Å². The van der Waals surface area contributed by atoms with E-state index in [-0.39, 0.29) is 17.9 Å². The lowest BCUT2D eigenvalue weighted by atomic mass is 9.91. The van der Waals surface area contributed by atoms with Crippen molar-refractivity contribution in [3.8, 4) is 0 Å². The van der Waals surface area contributed by atoms with Gasteiger partial charge in [0.25, 0.3) is 0 Å². The molecule has 4 rings (SSSR count). The van der Waals surface area contributed by atoms with Gasteiger partial charge in [0.15, 0.2) is 0 Å². The normalized spacial score (nSPS) is 19.9. The molecule has 0 radical (unpaired) electrons. The van der Waals surface area contributed by atoms with Crippen LogP contribution in [0.2, 0.25) is 0 Å². The molecule has 0 bridgehead atoms. The topological polar surface area (TPSA) is 54.0 Å². The fourth-order valence-electron chi connectivity index (χ4n) is 3.46. The highest BCUT2D eigenvalue weighted by Crippen LogP contribution is 2.30. The number of nitrogens with zero attached hydrogens (tertiary/aromatic N) is 1. The van der Waals surface area contributed by atoms with Crippen molar-refractivity contribution < 1.29 is 4.79 Å². The lowest BCUT2D eigenvalue weighted by Crippen LogP contribution is -2.39. The highest BCUT2D eigenvalue weighted by Gasteiger charge is 2.33. The third kappa shape index (κ3) is 3.30. The smallest absolute Gasteiger partial charge is 0.242 e. The number of hydrogen-bond acceptors (Lipinski definition) is 3. The Kier molecular flexibility index (Phi) is 4.51. The van der Waals surface area contributed by atoms with Crippen LogP contribution < -0.4 is 10.6 Å². The van der Waals surface area contributed by atoms with Gasteiger partial charge in [0.05, 0.1) is 17.2 Å². The summed E-state index contributed by atoms with van der Waals surface area (Å²) in [5.41, 5.74) is 2.76. The first-order valence-electron chi connectivity index (χ1n) is 8.36. The van der Waals surface area contributed by atoms with Crippen molar-refractivity contribution in [1.29, 1.82) is 0 Å². The van der Waals surface area contributed by atoms with Gasteiger partial charge in [-0.15, -0.1) is 0 Å². The molecule has 0 aliphatic carbocycles. The summed E-state index contributed by atoms with van der Waals surface area (Å²) in [5, 5.41) is 7.43. The van der Waals surface area contributed by atoms with Crippen molar-refractivity contribution in [3.05, 3.63) is 70.8 Å². The number of carbonyl (C=O) groups is 1. The predicted molar refractivity (Wildman–Crippen MR) is 104 cm³/mol. The van der Waals surface area contributed by atoms with Crippen LogP contribution in [0.4, 0.5) is 5.69 Å². The molecule has 25 heavy (non-hydrogen) atoms. The zero-order valence-electron chi connectivity index (χ0n) is 13.6. The molecule has 0 saturated carbocycles. The van der Waals surface area contributed by atoms with Gasteiger partial charge in [0.1, 0.15) is 0 Å². The van der Waals surface area contributed by atoms with Crippen LogP contribution in [0.5, 0.6) is 0 Å². The molecule has 1 aliphatic rings. The number of pyridine rings is 1. The van der Waals surface area contributed by atoms with Gasteiger partial charge >= 0.3 is 0 Å². The Morgan fingerprint density at radius 2 is 1.92 bits per heavy atom. The molecular formula is C20H18BrN3O. The van der Waals surface area contributed by atoms with Gasteiger partial charge in [-0.25, -0.2) is 0 Å². The molecule has 2 N–H and O–H groups in total. The largest absolute Gasteiger partial charge is 0.323 e. The second-order valence-corrected chi connectivity index (χ2v) is 7.16. The van der Waals surface area contributed by atoms with E-state index in [9.17, 15) is 4.79 Å². The maximum absolute atomic E-state index is 12.9. The van der Waals surface area contributed by atoms with Crippen LogP contribution in [-0.2, 0) is 4.79 Å². The first-order valence-corrected chi connectivity index (χ1v) is 9.15. The van der Waals surface area contributed by atoms with E-state index in [1.807, 2.05) is 42.5 Å². The average molecular weight is 396 g/mol. The number of hydrogen-bond donors (Lipinski definition) is 2. The van der Waals surface area contributed by atoms with Gasteiger partial charge in [-0.3, -0.25) is 9.78 Å². The molecule has 2 atom stereocenters. The molecule has 0 unspecified atom stereocenters. The Bertz CT molecular complexity index is 905. The quantitative estimate of drug-likeness (QED) is 0.702. The van der Waals surface area contributed by atoms with Gasteiger partial charge in [-0.05, 0) is 42.8 Å². The van der Waals surface area contributed by atoms with Crippen LogP contribution in [0.25, 0.3) is 10.9 Å². The minimum atomic E-state index is -0.236. The second kappa shape index (κ2) is 6.94. The minimum Gasteiger partial charge on any atom is -0.323 e. The average Bonchev–Trinajstić information content (AvgIpc) is 3.12. The van der Waals surface area contributed by atoms with E-state index in [2.05, 4.69) is 43.7 Å². The molecule has 126 valence electrons. The molecule has 1 aliphatic heterocycles. The molecule has 0 spiro atoms. The number of benzene rings is 2.